The van der Waals surface area contributed by atoms with Crippen LogP contribution < -0.4 is 15.2 Å². The number of methoxy groups -OCH3 is 1. The number of aromatic nitrogens is 4. The summed E-state index contributed by atoms with van der Waals surface area (Å²) in [4.78, 5) is 29.8. The number of thiophene rings is 1. The van der Waals surface area contributed by atoms with E-state index in [0.717, 1.165) is 30.0 Å². The van der Waals surface area contributed by atoms with Crippen LogP contribution in [-0.4, -0.2) is 63.3 Å². The maximum Gasteiger partial charge on any atom is 0.272 e. The van der Waals surface area contributed by atoms with E-state index in [-0.39, 0.29) is 11.5 Å². The molecule has 0 bridgehead atoms. The molecular formula is C23H26N6O3S. The van der Waals surface area contributed by atoms with E-state index in [1.165, 1.54) is 11.3 Å². The molecule has 0 atom stereocenters. The van der Waals surface area contributed by atoms with E-state index in [1.54, 1.807) is 11.7 Å². The summed E-state index contributed by atoms with van der Waals surface area (Å²) in [5.41, 5.74) is 1.82. The normalized spacial score (nSPS) is 14.4. The molecule has 0 unspecified atom stereocenters. The molecule has 33 heavy (non-hydrogen) atoms. The number of nitrogens with zero attached hydrogens (tertiary/aromatic N) is 6. The Hall–Kier alpha value is -3.40. The van der Waals surface area contributed by atoms with Crippen LogP contribution in [0.2, 0.25) is 0 Å². The number of piperazine rings is 1. The predicted molar refractivity (Wildman–Crippen MR) is 128 cm³/mol. The second-order valence-electron chi connectivity index (χ2n) is 7.98. The standard InChI is InChI=1S/C23H26N6O3S/c1-3-28-22(31)21-17(10-15-33-21)29-19(24-25-23(28)29)8-9-20(30)27-13-11-26(12-14-27)16-6-4-5-7-18(16)32-2/h4-7,10,15H,3,8-9,11-14H2,1-2H3. The number of rotatable bonds is 6. The Labute approximate surface area is 194 Å². The van der Waals surface area contributed by atoms with Crippen LogP contribution in [0.4, 0.5) is 5.69 Å². The molecule has 0 radical (unpaired) electrons. The Balaban J connectivity index is 1.29. The smallest absolute Gasteiger partial charge is 0.272 e. The Bertz CT molecular complexity index is 1370. The number of para-hydroxylation sites is 2. The van der Waals surface area contributed by atoms with E-state index in [4.69, 9.17) is 4.74 Å². The number of aryl methyl sites for hydroxylation is 2. The lowest BCUT2D eigenvalue weighted by Crippen LogP contribution is -2.49. The Kier molecular flexibility index (Phi) is 5.76. The van der Waals surface area contributed by atoms with E-state index in [0.29, 0.717) is 48.8 Å². The Morgan fingerprint density at radius 1 is 1.12 bits per heavy atom. The van der Waals surface area contributed by atoms with Crippen molar-refractivity contribution in [2.24, 2.45) is 0 Å². The molecule has 1 aliphatic rings. The molecule has 0 aliphatic carbocycles. The van der Waals surface area contributed by atoms with Gasteiger partial charge in [-0.2, -0.15) is 0 Å². The van der Waals surface area contributed by atoms with E-state index in [2.05, 4.69) is 15.1 Å². The summed E-state index contributed by atoms with van der Waals surface area (Å²) in [5, 5.41) is 10.5. The van der Waals surface area contributed by atoms with Crippen LogP contribution in [0, 0.1) is 0 Å². The SMILES string of the molecule is CCn1c(=O)c2sccc2n2c(CCC(=O)N3CCN(c4ccccc4OC)CC3)nnc12. The van der Waals surface area contributed by atoms with E-state index < -0.39 is 0 Å². The van der Waals surface area contributed by atoms with E-state index in [9.17, 15) is 9.59 Å². The van der Waals surface area contributed by atoms with Gasteiger partial charge in [0.15, 0.2) is 0 Å². The van der Waals surface area contributed by atoms with Crippen LogP contribution in [0.5, 0.6) is 5.75 Å². The van der Waals surface area contributed by atoms with Crippen LogP contribution in [0.1, 0.15) is 19.2 Å². The highest BCUT2D eigenvalue weighted by Gasteiger charge is 2.24. The molecule has 1 saturated heterocycles. The molecule has 1 fully saturated rings. The first-order chi connectivity index (χ1) is 16.1. The number of ether oxygens (including phenoxy) is 1. The van der Waals surface area contributed by atoms with Crippen molar-refractivity contribution in [3.8, 4) is 5.75 Å². The number of carbonyl (C=O) groups excluding carboxylic acids is 1. The third-order valence-corrected chi connectivity index (χ3v) is 7.11. The number of hydrogen-bond donors (Lipinski definition) is 0. The first kappa shape index (κ1) is 21.4. The average molecular weight is 467 g/mol. The summed E-state index contributed by atoms with van der Waals surface area (Å²) in [6.07, 6.45) is 0.825. The molecule has 0 N–H and O–H groups in total. The maximum atomic E-state index is 13.0. The lowest BCUT2D eigenvalue weighted by Gasteiger charge is -2.36. The molecule has 3 aromatic heterocycles. The van der Waals surface area contributed by atoms with Gasteiger partial charge in [-0.1, -0.05) is 12.1 Å². The fraction of sp³-hybridized carbons (Fsp3) is 0.391. The van der Waals surface area contributed by atoms with Crippen molar-refractivity contribution in [2.75, 3.05) is 38.2 Å². The third-order valence-electron chi connectivity index (χ3n) is 6.22. The highest BCUT2D eigenvalue weighted by atomic mass is 32.1. The fourth-order valence-corrected chi connectivity index (χ4v) is 5.32. The van der Waals surface area contributed by atoms with Gasteiger partial charge in [0, 0.05) is 45.6 Å². The Morgan fingerprint density at radius 2 is 1.91 bits per heavy atom. The van der Waals surface area contributed by atoms with Crippen molar-refractivity contribution in [1.29, 1.82) is 0 Å². The third kappa shape index (κ3) is 3.74. The zero-order valence-corrected chi connectivity index (χ0v) is 19.5. The van der Waals surface area contributed by atoms with Gasteiger partial charge in [0.2, 0.25) is 11.7 Å². The van der Waals surface area contributed by atoms with Gasteiger partial charge in [0.1, 0.15) is 16.3 Å². The van der Waals surface area contributed by atoms with E-state index in [1.807, 2.05) is 51.9 Å². The van der Waals surface area contributed by atoms with Crippen molar-refractivity contribution in [3.05, 3.63) is 51.9 Å². The maximum absolute atomic E-state index is 13.0. The van der Waals surface area contributed by atoms with Crippen LogP contribution in [0.3, 0.4) is 0 Å². The molecule has 0 spiro atoms. The van der Waals surface area contributed by atoms with Gasteiger partial charge >= 0.3 is 0 Å². The van der Waals surface area contributed by atoms with Crippen LogP contribution in [-0.2, 0) is 17.8 Å². The molecule has 0 saturated carbocycles. The van der Waals surface area contributed by atoms with Gasteiger partial charge in [0.25, 0.3) is 5.56 Å². The molecule has 10 heteroatoms. The molecule has 1 aliphatic heterocycles. The van der Waals surface area contributed by atoms with E-state index >= 15 is 0 Å². The number of carbonyl (C=O) groups is 1. The quantitative estimate of drug-likeness (QED) is 0.434. The molecule has 5 rings (SSSR count). The molecular weight excluding hydrogens is 440 g/mol. The number of benzene rings is 1. The molecule has 172 valence electrons. The second kappa shape index (κ2) is 8.86. The van der Waals surface area contributed by atoms with Crippen molar-refractivity contribution >= 4 is 38.9 Å². The minimum absolute atomic E-state index is 0.0436. The first-order valence-electron chi connectivity index (χ1n) is 11.1. The van der Waals surface area contributed by atoms with Crippen LogP contribution in [0.25, 0.3) is 16.0 Å². The highest BCUT2D eigenvalue weighted by molar-refractivity contribution is 7.17. The predicted octanol–water partition coefficient (Wildman–Crippen LogP) is 2.42. The van der Waals surface area contributed by atoms with Crippen molar-refractivity contribution < 1.29 is 9.53 Å². The van der Waals surface area contributed by atoms with Crippen molar-refractivity contribution in [1.82, 2.24) is 24.1 Å². The summed E-state index contributed by atoms with van der Waals surface area (Å²) in [6, 6.07) is 9.88. The average Bonchev–Trinajstić information content (AvgIpc) is 3.50. The molecule has 9 nitrogen and oxygen atoms in total. The zero-order chi connectivity index (χ0) is 22.9. The summed E-state index contributed by atoms with van der Waals surface area (Å²) in [6.45, 7) is 5.30. The Morgan fingerprint density at radius 3 is 2.67 bits per heavy atom. The second-order valence-corrected chi connectivity index (χ2v) is 8.89. The van der Waals surface area contributed by atoms with Gasteiger partial charge in [-0.15, -0.1) is 21.5 Å². The number of hydrogen-bond acceptors (Lipinski definition) is 7. The lowest BCUT2D eigenvalue weighted by molar-refractivity contribution is -0.131. The molecule has 1 amide bonds. The summed E-state index contributed by atoms with van der Waals surface area (Å²) < 4.78 is 9.72. The van der Waals surface area contributed by atoms with Gasteiger partial charge in [-0.25, -0.2) is 0 Å². The summed E-state index contributed by atoms with van der Waals surface area (Å²) >= 11 is 1.42. The topological polar surface area (TPSA) is 85.0 Å². The summed E-state index contributed by atoms with van der Waals surface area (Å²) in [5.74, 6) is 2.19. The minimum atomic E-state index is -0.0436. The van der Waals surface area contributed by atoms with Gasteiger partial charge in [-0.3, -0.25) is 18.6 Å². The fourth-order valence-electron chi connectivity index (χ4n) is 4.49. The minimum Gasteiger partial charge on any atom is -0.495 e. The van der Waals surface area contributed by atoms with Gasteiger partial charge in [-0.05, 0) is 30.5 Å². The summed E-state index contributed by atoms with van der Waals surface area (Å²) in [7, 11) is 1.68. The van der Waals surface area contributed by atoms with Crippen LogP contribution >= 0.6 is 11.3 Å². The highest BCUT2D eigenvalue weighted by Crippen LogP contribution is 2.28. The molecule has 1 aromatic carbocycles. The van der Waals surface area contributed by atoms with Crippen molar-refractivity contribution in [3.63, 3.8) is 0 Å². The largest absolute Gasteiger partial charge is 0.495 e. The van der Waals surface area contributed by atoms with Gasteiger partial charge in [0.05, 0.1) is 18.3 Å². The van der Waals surface area contributed by atoms with Crippen molar-refractivity contribution in [2.45, 2.75) is 26.3 Å². The number of fused-ring (bicyclic) bond motifs is 3. The van der Waals surface area contributed by atoms with Gasteiger partial charge < -0.3 is 14.5 Å². The number of amides is 1. The lowest BCUT2D eigenvalue weighted by atomic mass is 10.2. The molecule has 4 heterocycles. The monoisotopic (exact) mass is 466 g/mol. The zero-order valence-electron chi connectivity index (χ0n) is 18.7. The first-order valence-corrected chi connectivity index (χ1v) is 12.0. The number of anilines is 1. The molecule has 4 aromatic rings. The van der Waals surface area contributed by atoms with Crippen LogP contribution in [0.15, 0.2) is 40.5 Å².